The number of aryl methyl sites for hydroxylation is 1. The molecule has 2 atom stereocenters. The first kappa shape index (κ1) is 22.0. The van der Waals surface area contributed by atoms with Crippen LogP contribution in [0.4, 0.5) is 16.2 Å². The van der Waals surface area contributed by atoms with E-state index in [1.807, 2.05) is 31.3 Å². The highest BCUT2D eigenvalue weighted by atomic mass is 35.5. The molecular weight excluding hydrogens is 424 g/mol. The second kappa shape index (κ2) is 9.92. The lowest BCUT2D eigenvalue weighted by Gasteiger charge is -2.40. The summed E-state index contributed by atoms with van der Waals surface area (Å²) in [6, 6.07) is 19.1. The minimum absolute atomic E-state index is 0.00474. The number of nitrogens with zero attached hydrogens (tertiary/aromatic N) is 2. The molecule has 1 fully saturated rings. The highest BCUT2D eigenvalue weighted by Gasteiger charge is 2.32. The predicted octanol–water partition coefficient (Wildman–Crippen LogP) is 5.24. The van der Waals surface area contributed by atoms with Gasteiger partial charge in [0.25, 0.3) is 0 Å². The summed E-state index contributed by atoms with van der Waals surface area (Å²) >= 11 is 5.94. The summed E-state index contributed by atoms with van der Waals surface area (Å²) in [6.45, 7) is 3.64. The van der Waals surface area contributed by atoms with E-state index in [0.717, 1.165) is 42.2 Å². The zero-order chi connectivity index (χ0) is 22.5. The Hall–Kier alpha value is -3.25. The molecule has 3 aromatic rings. The molecule has 0 radical (unpaired) electrons. The average Bonchev–Trinajstić information content (AvgIpc) is 2.81. The second-order valence-corrected chi connectivity index (χ2v) is 8.42. The first-order chi connectivity index (χ1) is 15.5. The Labute approximate surface area is 193 Å². The Morgan fingerprint density at radius 3 is 2.56 bits per heavy atom. The second-order valence-electron chi connectivity index (χ2n) is 7.98. The normalized spacial score (nSPS) is 18.2. The van der Waals surface area contributed by atoms with Crippen LogP contribution in [0.3, 0.4) is 0 Å². The fourth-order valence-corrected chi connectivity index (χ4v) is 4.27. The number of benzene rings is 2. The summed E-state index contributed by atoms with van der Waals surface area (Å²) in [7, 11) is 1.66. The third-order valence-corrected chi connectivity index (χ3v) is 6.07. The van der Waals surface area contributed by atoms with E-state index in [2.05, 4.69) is 38.7 Å². The van der Waals surface area contributed by atoms with Gasteiger partial charge in [-0.3, -0.25) is 4.98 Å². The molecule has 4 rings (SSSR count). The number of ether oxygens (including phenoxy) is 1. The lowest BCUT2D eigenvalue weighted by atomic mass is 9.85. The van der Waals surface area contributed by atoms with E-state index in [1.54, 1.807) is 31.4 Å². The molecular formula is C25H27ClN4O2. The van der Waals surface area contributed by atoms with Crippen LogP contribution in [0, 0.1) is 6.92 Å². The SMILES string of the molecule is COc1ccc([C@@H]2CN(c3ccnc(C)c3)CC[C@H]2NC(=O)Nc2ccc(Cl)cc2)cc1. The number of rotatable bonds is 5. The summed E-state index contributed by atoms with van der Waals surface area (Å²) in [6.07, 6.45) is 2.67. The van der Waals surface area contributed by atoms with Crippen LogP contribution in [-0.4, -0.2) is 37.3 Å². The number of methoxy groups -OCH3 is 1. The van der Waals surface area contributed by atoms with Crippen molar-refractivity contribution in [1.82, 2.24) is 10.3 Å². The lowest BCUT2D eigenvalue weighted by molar-refractivity contribution is 0.243. The predicted molar refractivity (Wildman–Crippen MR) is 129 cm³/mol. The van der Waals surface area contributed by atoms with Crippen molar-refractivity contribution in [3.63, 3.8) is 0 Å². The quantitative estimate of drug-likeness (QED) is 0.558. The van der Waals surface area contributed by atoms with E-state index in [1.165, 1.54) is 0 Å². The lowest BCUT2D eigenvalue weighted by Crippen LogP contribution is -2.50. The molecule has 2 aromatic carbocycles. The van der Waals surface area contributed by atoms with Gasteiger partial charge in [-0.25, -0.2) is 4.79 Å². The van der Waals surface area contributed by atoms with Crippen molar-refractivity contribution < 1.29 is 9.53 Å². The Kier molecular flexibility index (Phi) is 6.81. The van der Waals surface area contributed by atoms with Gasteiger partial charge in [-0.05, 0) is 67.4 Å². The molecule has 1 aliphatic rings. The van der Waals surface area contributed by atoms with Gasteiger partial charge in [-0.1, -0.05) is 23.7 Å². The monoisotopic (exact) mass is 450 g/mol. The number of piperidine rings is 1. The number of pyridine rings is 1. The van der Waals surface area contributed by atoms with Gasteiger partial charge in [-0.2, -0.15) is 0 Å². The highest BCUT2D eigenvalue weighted by molar-refractivity contribution is 6.30. The smallest absolute Gasteiger partial charge is 0.319 e. The van der Waals surface area contributed by atoms with Gasteiger partial charge in [0, 0.05) is 53.3 Å². The number of aromatic nitrogens is 1. The number of hydrogen-bond donors (Lipinski definition) is 2. The molecule has 166 valence electrons. The molecule has 0 saturated carbocycles. The Morgan fingerprint density at radius 1 is 1.12 bits per heavy atom. The third kappa shape index (κ3) is 5.32. The van der Waals surface area contributed by atoms with E-state index in [9.17, 15) is 4.79 Å². The average molecular weight is 451 g/mol. The number of hydrogen-bond acceptors (Lipinski definition) is 4. The van der Waals surface area contributed by atoms with Crippen molar-refractivity contribution in [2.75, 3.05) is 30.4 Å². The number of nitrogens with one attached hydrogen (secondary N) is 2. The van der Waals surface area contributed by atoms with Crippen molar-refractivity contribution in [1.29, 1.82) is 0 Å². The van der Waals surface area contributed by atoms with Gasteiger partial charge in [0.2, 0.25) is 0 Å². The van der Waals surface area contributed by atoms with E-state index >= 15 is 0 Å². The van der Waals surface area contributed by atoms with Crippen LogP contribution in [0.1, 0.15) is 23.6 Å². The van der Waals surface area contributed by atoms with E-state index in [-0.39, 0.29) is 18.0 Å². The topological polar surface area (TPSA) is 66.5 Å². The molecule has 0 unspecified atom stereocenters. The molecule has 1 aliphatic heterocycles. The molecule has 0 spiro atoms. The third-order valence-electron chi connectivity index (χ3n) is 5.82. The Bertz CT molecular complexity index is 1060. The van der Waals surface area contributed by atoms with Crippen LogP contribution in [-0.2, 0) is 0 Å². The Morgan fingerprint density at radius 2 is 1.88 bits per heavy atom. The maximum Gasteiger partial charge on any atom is 0.319 e. The maximum absolute atomic E-state index is 12.7. The molecule has 2 heterocycles. The minimum atomic E-state index is -0.218. The van der Waals surface area contributed by atoms with Gasteiger partial charge < -0.3 is 20.3 Å². The van der Waals surface area contributed by atoms with Gasteiger partial charge in [0.1, 0.15) is 5.75 Å². The molecule has 32 heavy (non-hydrogen) atoms. The van der Waals surface area contributed by atoms with Crippen molar-refractivity contribution in [2.45, 2.75) is 25.3 Å². The van der Waals surface area contributed by atoms with Gasteiger partial charge in [-0.15, -0.1) is 0 Å². The number of urea groups is 1. The molecule has 2 amide bonds. The number of amides is 2. The van der Waals surface area contributed by atoms with E-state index in [4.69, 9.17) is 16.3 Å². The number of carbonyl (C=O) groups excluding carboxylic acids is 1. The fraction of sp³-hybridized carbons (Fsp3) is 0.280. The highest BCUT2D eigenvalue weighted by Crippen LogP contribution is 2.31. The fourth-order valence-electron chi connectivity index (χ4n) is 4.14. The zero-order valence-electron chi connectivity index (χ0n) is 18.2. The van der Waals surface area contributed by atoms with Crippen LogP contribution >= 0.6 is 11.6 Å². The van der Waals surface area contributed by atoms with Crippen LogP contribution in [0.15, 0.2) is 66.9 Å². The summed E-state index contributed by atoms with van der Waals surface area (Å²) in [5, 5.41) is 6.73. The molecule has 0 bridgehead atoms. The minimum Gasteiger partial charge on any atom is -0.497 e. The maximum atomic E-state index is 12.7. The van der Waals surface area contributed by atoms with Crippen molar-refractivity contribution >= 4 is 29.0 Å². The molecule has 7 heteroatoms. The zero-order valence-corrected chi connectivity index (χ0v) is 19.0. The van der Waals surface area contributed by atoms with Crippen LogP contribution in [0.25, 0.3) is 0 Å². The molecule has 6 nitrogen and oxygen atoms in total. The summed E-state index contributed by atoms with van der Waals surface area (Å²) < 4.78 is 5.32. The Balaban J connectivity index is 1.52. The van der Waals surface area contributed by atoms with Crippen LogP contribution < -0.4 is 20.3 Å². The van der Waals surface area contributed by atoms with Crippen molar-refractivity contribution in [3.05, 3.63) is 83.1 Å². The van der Waals surface area contributed by atoms with E-state index in [0.29, 0.717) is 10.7 Å². The van der Waals surface area contributed by atoms with Gasteiger partial charge in [0.05, 0.1) is 7.11 Å². The number of halogens is 1. The molecule has 2 N–H and O–H groups in total. The summed E-state index contributed by atoms with van der Waals surface area (Å²) in [5.41, 5.74) is 4.02. The van der Waals surface area contributed by atoms with Crippen LogP contribution in [0.2, 0.25) is 5.02 Å². The first-order valence-electron chi connectivity index (χ1n) is 10.7. The summed E-state index contributed by atoms with van der Waals surface area (Å²) in [4.78, 5) is 19.4. The molecule has 1 saturated heterocycles. The van der Waals surface area contributed by atoms with Gasteiger partial charge >= 0.3 is 6.03 Å². The van der Waals surface area contributed by atoms with E-state index < -0.39 is 0 Å². The molecule has 0 aliphatic carbocycles. The first-order valence-corrected chi connectivity index (χ1v) is 11.0. The standard InChI is InChI=1S/C25H27ClN4O2/c1-17-15-21(11-13-27-17)30-14-12-24(23(16-30)18-3-9-22(32-2)10-4-18)29-25(31)28-20-7-5-19(26)6-8-20/h3-11,13,15,23-24H,12,14,16H2,1-2H3,(H2,28,29,31)/t23-,24+/m0/s1. The van der Waals surface area contributed by atoms with Crippen molar-refractivity contribution in [3.8, 4) is 5.75 Å². The van der Waals surface area contributed by atoms with Gasteiger partial charge in [0.15, 0.2) is 0 Å². The van der Waals surface area contributed by atoms with Crippen molar-refractivity contribution in [2.24, 2.45) is 0 Å². The van der Waals surface area contributed by atoms with Crippen LogP contribution in [0.5, 0.6) is 5.75 Å². The largest absolute Gasteiger partial charge is 0.497 e. The number of anilines is 2. The number of carbonyl (C=O) groups is 1. The summed E-state index contributed by atoms with van der Waals surface area (Å²) in [5.74, 6) is 0.940. The molecule has 1 aromatic heterocycles.